The molecule has 0 fully saturated rings. The molecule has 0 bridgehead atoms. The molecule has 3 N–H and O–H groups in total. The maximum absolute atomic E-state index is 9.67. The van der Waals surface area contributed by atoms with Crippen molar-refractivity contribution < 1.29 is 9.76 Å². The minimum absolute atomic E-state index is 0.382. The second-order valence-corrected chi connectivity index (χ2v) is 4.37. The normalized spacial score (nSPS) is 13.9. The second kappa shape index (κ2) is 5.35. The highest BCUT2D eigenvalue weighted by Gasteiger charge is 2.28. The van der Waals surface area contributed by atoms with E-state index in [0.29, 0.717) is 0 Å². The van der Waals surface area contributed by atoms with E-state index >= 15 is 0 Å². The number of hydrogen-bond acceptors (Lipinski definition) is 3. The Bertz CT molecular complexity index is 443. The van der Waals surface area contributed by atoms with Gasteiger partial charge < -0.3 is 9.76 Å². The molecular weight excluding hydrogens is 225 g/mol. The molecule has 2 aromatic rings. The summed E-state index contributed by atoms with van der Waals surface area (Å²) in [6.07, 6.45) is 0. The van der Waals surface area contributed by atoms with Crippen LogP contribution in [0.3, 0.4) is 0 Å². The van der Waals surface area contributed by atoms with Crippen LogP contribution in [-0.4, -0.2) is 17.9 Å². The molecular formula is C14H16BNO2. The fourth-order valence-corrected chi connectivity index (χ4v) is 1.82. The third-order valence-corrected chi connectivity index (χ3v) is 2.56. The van der Waals surface area contributed by atoms with Gasteiger partial charge in [-0.2, -0.15) is 0 Å². The smallest absolute Gasteiger partial charge is 0.365 e. The molecule has 2 aromatic carbocycles. The first-order chi connectivity index (χ1) is 8.56. The van der Waals surface area contributed by atoms with Crippen LogP contribution in [0.1, 0.15) is 6.92 Å². The molecule has 0 saturated heterocycles. The fraction of sp³-hybridized carbons (Fsp3) is 0.143. The molecule has 0 amide bonds. The molecule has 1 atom stereocenters. The van der Waals surface area contributed by atoms with Crippen molar-refractivity contribution in [1.29, 1.82) is 0 Å². The Labute approximate surface area is 107 Å². The molecule has 0 aliphatic rings. The van der Waals surface area contributed by atoms with Crippen LogP contribution in [0.25, 0.3) is 0 Å². The van der Waals surface area contributed by atoms with Gasteiger partial charge >= 0.3 is 6.92 Å². The molecule has 3 nitrogen and oxygen atoms in total. The molecule has 0 aromatic heterocycles. The van der Waals surface area contributed by atoms with Gasteiger partial charge in [0.2, 0.25) is 5.91 Å². The summed E-state index contributed by atoms with van der Waals surface area (Å²) in [5.74, 6) is -1.67. The Morgan fingerprint density at radius 3 is 1.67 bits per heavy atom. The van der Waals surface area contributed by atoms with Gasteiger partial charge in [0.25, 0.3) is 0 Å². The summed E-state index contributed by atoms with van der Waals surface area (Å²) in [6, 6.07) is 19.4. The molecule has 0 heterocycles. The Balaban J connectivity index is 2.36. The van der Waals surface area contributed by atoms with Crippen molar-refractivity contribution in [2.75, 3.05) is 0 Å². The average Bonchev–Trinajstić information content (AvgIpc) is 2.37. The van der Waals surface area contributed by atoms with Gasteiger partial charge in [-0.25, -0.2) is 0 Å². The second-order valence-electron chi connectivity index (χ2n) is 4.37. The number of aliphatic hydroxyl groups is 1. The zero-order valence-corrected chi connectivity index (χ0v) is 10.3. The van der Waals surface area contributed by atoms with Crippen molar-refractivity contribution in [2.45, 2.75) is 12.8 Å². The van der Waals surface area contributed by atoms with E-state index < -0.39 is 5.91 Å². The molecule has 18 heavy (non-hydrogen) atoms. The Morgan fingerprint density at radius 2 is 1.33 bits per heavy atom. The molecule has 0 spiro atoms. The van der Waals surface area contributed by atoms with Gasteiger partial charge in [0.05, 0.1) is 0 Å². The molecule has 0 radical (unpaired) electrons. The van der Waals surface area contributed by atoms with E-state index in [4.69, 9.17) is 10.4 Å². The van der Waals surface area contributed by atoms with Crippen LogP contribution in [0.5, 0.6) is 0 Å². The van der Waals surface area contributed by atoms with E-state index in [0.717, 1.165) is 10.9 Å². The number of hydrogen-bond donors (Lipinski definition) is 2. The summed E-state index contributed by atoms with van der Waals surface area (Å²) in [7, 11) is 0. The first-order valence-electron chi connectivity index (χ1n) is 5.85. The van der Waals surface area contributed by atoms with Crippen molar-refractivity contribution in [2.24, 2.45) is 5.73 Å². The number of nitrogens with two attached hydrogens (primary N) is 1. The average molecular weight is 241 g/mol. The predicted molar refractivity (Wildman–Crippen MR) is 73.8 cm³/mol. The fourth-order valence-electron chi connectivity index (χ4n) is 1.82. The molecule has 2 rings (SSSR count). The molecule has 92 valence electrons. The first-order valence-corrected chi connectivity index (χ1v) is 5.85. The zero-order valence-electron chi connectivity index (χ0n) is 10.3. The van der Waals surface area contributed by atoms with Crippen molar-refractivity contribution in [3.05, 3.63) is 60.7 Å². The van der Waals surface area contributed by atoms with E-state index in [1.807, 2.05) is 60.7 Å². The van der Waals surface area contributed by atoms with Gasteiger partial charge in [-0.1, -0.05) is 60.7 Å². The Kier molecular flexibility index (Phi) is 3.82. The van der Waals surface area contributed by atoms with E-state index in [2.05, 4.69) is 0 Å². The largest absolute Gasteiger partial charge is 0.388 e. The standard InChI is InChI=1S/C14H16BNO2/c1-14(16,17)18-15(12-8-4-2-5-9-12)13-10-6-3-7-11-13/h2-11,17H,16H2,1H3. The van der Waals surface area contributed by atoms with Crippen LogP contribution < -0.4 is 16.7 Å². The van der Waals surface area contributed by atoms with Crippen molar-refractivity contribution >= 4 is 17.8 Å². The third-order valence-electron chi connectivity index (χ3n) is 2.56. The van der Waals surface area contributed by atoms with Gasteiger partial charge in [-0.3, -0.25) is 5.73 Å². The minimum atomic E-state index is -1.67. The summed E-state index contributed by atoms with van der Waals surface area (Å²) < 4.78 is 5.54. The monoisotopic (exact) mass is 241 g/mol. The maximum Gasteiger partial charge on any atom is 0.365 e. The molecule has 0 saturated carbocycles. The molecule has 0 aliphatic heterocycles. The van der Waals surface area contributed by atoms with Gasteiger partial charge in [-0.05, 0) is 10.9 Å². The van der Waals surface area contributed by atoms with Crippen LogP contribution in [-0.2, 0) is 4.65 Å². The summed E-state index contributed by atoms with van der Waals surface area (Å²) in [4.78, 5) is 0. The van der Waals surface area contributed by atoms with Gasteiger partial charge in [-0.15, -0.1) is 0 Å². The minimum Gasteiger partial charge on any atom is -0.388 e. The topological polar surface area (TPSA) is 55.5 Å². The van der Waals surface area contributed by atoms with Crippen LogP contribution in [0.2, 0.25) is 0 Å². The molecule has 4 heteroatoms. The number of benzene rings is 2. The number of rotatable bonds is 4. The Morgan fingerprint density at radius 1 is 0.944 bits per heavy atom. The van der Waals surface area contributed by atoms with Gasteiger partial charge in [0.15, 0.2) is 0 Å². The molecule has 0 aliphatic carbocycles. The predicted octanol–water partition coefficient (Wildman–Crippen LogP) is 0.434. The van der Waals surface area contributed by atoms with E-state index in [1.54, 1.807) is 0 Å². The first kappa shape index (κ1) is 12.8. The maximum atomic E-state index is 9.67. The quantitative estimate of drug-likeness (QED) is 0.603. The van der Waals surface area contributed by atoms with Gasteiger partial charge in [0.1, 0.15) is 0 Å². The van der Waals surface area contributed by atoms with Crippen LogP contribution in [0.15, 0.2) is 60.7 Å². The third kappa shape index (κ3) is 3.44. The van der Waals surface area contributed by atoms with Crippen LogP contribution in [0, 0.1) is 0 Å². The van der Waals surface area contributed by atoms with Crippen molar-refractivity contribution in [3.63, 3.8) is 0 Å². The summed E-state index contributed by atoms with van der Waals surface area (Å²) in [6.45, 7) is 1.04. The van der Waals surface area contributed by atoms with Gasteiger partial charge in [0, 0.05) is 6.92 Å². The highest BCUT2D eigenvalue weighted by atomic mass is 16.6. The lowest BCUT2D eigenvalue weighted by Gasteiger charge is -2.24. The van der Waals surface area contributed by atoms with E-state index in [1.165, 1.54) is 6.92 Å². The van der Waals surface area contributed by atoms with E-state index in [-0.39, 0.29) is 6.92 Å². The lowest BCUT2D eigenvalue weighted by Crippen LogP contribution is -2.54. The summed E-state index contributed by atoms with van der Waals surface area (Å²) in [5.41, 5.74) is 7.45. The lowest BCUT2D eigenvalue weighted by molar-refractivity contribution is -0.116. The highest BCUT2D eigenvalue weighted by molar-refractivity contribution is 6.80. The SMILES string of the molecule is CC(N)(O)OB(c1ccccc1)c1ccccc1. The highest BCUT2D eigenvalue weighted by Crippen LogP contribution is 2.01. The van der Waals surface area contributed by atoms with Crippen LogP contribution in [0.4, 0.5) is 0 Å². The Hall–Kier alpha value is -1.62. The van der Waals surface area contributed by atoms with E-state index in [9.17, 15) is 5.11 Å². The van der Waals surface area contributed by atoms with Crippen molar-refractivity contribution in [1.82, 2.24) is 0 Å². The summed E-state index contributed by atoms with van der Waals surface area (Å²) in [5, 5.41) is 9.67. The summed E-state index contributed by atoms with van der Waals surface area (Å²) >= 11 is 0. The lowest BCUT2D eigenvalue weighted by atomic mass is 9.55. The zero-order chi connectivity index (χ0) is 13.0. The van der Waals surface area contributed by atoms with Crippen molar-refractivity contribution in [3.8, 4) is 0 Å². The van der Waals surface area contributed by atoms with Crippen LogP contribution >= 0.6 is 0 Å². The molecule has 1 unspecified atom stereocenters.